The van der Waals surface area contributed by atoms with Gasteiger partial charge in [-0.25, -0.2) is 0 Å². The van der Waals surface area contributed by atoms with Gasteiger partial charge >= 0.3 is 0 Å². The topological polar surface area (TPSA) is 54.5 Å². The molecule has 0 spiro atoms. The van der Waals surface area contributed by atoms with E-state index < -0.39 is 0 Å². The van der Waals surface area contributed by atoms with Gasteiger partial charge < -0.3 is 10.1 Å². The highest BCUT2D eigenvalue weighted by Gasteiger charge is 2.36. The molecular weight excluding hydrogens is 314 g/mol. The molecule has 132 valence electrons. The van der Waals surface area contributed by atoms with Gasteiger partial charge in [0, 0.05) is 25.9 Å². The number of likely N-dealkylation sites (tertiary alicyclic amines) is 1. The van der Waals surface area contributed by atoms with Crippen molar-refractivity contribution in [2.75, 3.05) is 25.6 Å². The van der Waals surface area contributed by atoms with E-state index in [9.17, 15) is 4.79 Å². The van der Waals surface area contributed by atoms with Crippen LogP contribution in [0, 0.1) is 5.92 Å². The van der Waals surface area contributed by atoms with E-state index in [0.29, 0.717) is 6.61 Å². The first-order valence-corrected chi connectivity index (χ1v) is 8.75. The van der Waals surface area contributed by atoms with Gasteiger partial charge in [0.15, 0.2) is 0 Å². The zero-order valence-electron chi connectivity index (χ0n) is 14.6. The summed E-state index contributed by atoms with van der Waals surface area (Å²) in [6.45, 7) is 2.38. The molecule has 0 bridgehead atoms. The predicted molar refractivity (Wildman–Crippen MR) is 98.1 cm³/mol. The summed E-state index contributed by atoms with van der Waals surface area (Å²) in [6.07, 6.45) is 5.27. The first kappa shape index (κ1) is 17.6. The van der Waals surface area contributed by atoms with Gasteiger partial charge in [0.1, 0.15) is 0 Å². The number of methoxy groups -OCH3 is 1. The highest BCUT2D eigenvalue weighted by Crippen LogP contribution is 2.27. The van der Waals surface area contributed by atoms with E-state index in [4.69, 9.17) is 4.74 Å². The van der Waals surface area contributed by atoms with Crippen molar-refractivity contribution >= 4 is 11.6 Å². The Balaban J connectivity index is 1.72. The number of amides is 1. The highest BCUT2D eigenvalue weighted by atomic mass is 16.5. The third-order valence-corrected chi connectivity index (χ3v) is 4.73. The van der Waals surface area contributed by atoms with Gasteiger partial charge in [-0.2, -0.15) is 0 Å². The van der Waals surface area contributed by atoms with E-state index in [1.54, 1.807) is 19.5 Å². The summed E-state index contributed by atoms with van der Waals surface area (Å²) in [5, 5.41) is 3.00. The van der Waals surface area contributed by atoms with Crippen LogP contribution in [0.25, 0.3) is 0 Å². The third kappa shape index (κ3) is 4.65. The second kappa shape index (κ2) is 8.74. The molecule has 1 aliphatic rings. The Kier molecular flexibility index (Phi) is 6.14. The van der Waals surface area contributed by atoms with Crippen molar-refractivity contribution in [3.63, 3.8) is 0 Å². The molecule has 5 heteroatoms. The van der Waals surface area contributed by atoms with E-state index >= 15 is 0 Å². The molecule has 1 aromatic carbocycles. The van der Waals surface area contributed by atoms with E-state index in [1.165, 1.54) is 5.56 Å². The highest BCUT2D eigenvalue weighted by molar-refractivity contribution is 5.92. The number of hydrogen-bond donors (Lipinski definition) is 1. The van der Waals surface area contributed by atoms with Crippen LogP contribution in [0.2, 0.25) is 0 Å². The first-order valence-electron chi connectivity index (χ1n) is 8.75. The zero-order valence-corrected chi connectivity index (χ0v) is 14.6. The Morgan fingerprint density at radius 1 is 1.28 bits per heavy atom. The molecule has 1 amide bonds. The van der Waals surface area contributed by atoms with Crippen molar-refractivity contribution in [1.29, 1.82) is 0 Å². The summed E-state index contributed by atoms with van der Waals surface area (Å²) < 4.78 is 5.45. The molecule has 1 N–H and O–H groups in total. The van der Waals surface area contributed by atoms with Crippen LogP contribution in [-0.4, -0.2) is 42.1 Å². The predicted octanol–water partition coefficient (Wildman–Crippen LogP) is 2.95. The second-order valence-corrected chi connectivity index (χ2v) is 6.46. The molecule has 0 saturated carbocycles. The largest absolute Gasteiger partial charge is 0.383 e. The van der Waals surface area contributed by atoms with Crippen LogP contribution >= 0.6 is 0 Å². The SMILES string of the molecule is COC[C@@H]1[C@H](C(=O)Nc2cccnc2)CCCN1Cc1ccccc1. The molecule has 0 aliphatic carbocycles. The van der Waals surface area contributed by atoms with Gasteiger partial charge in [0.05, 0.1) is 24.4 Å². The molecule has 0 unspecified atom stereocenters. The number of benzene rings is 1. The molecule has 5 nitrogen and oxygen atoms in total. The lowest BCUT2D eigenvalue weighted by atomic mass is 9.88. The summed E-state index contributed by atoms with van der Waals surface area (Å²) in [5.74, 6) is -0.0366. The summed E-state index contributed by atoms with van der Waals surface area (Å²) in [5.41, 5.74) is 2.00. The van der Waals surface area contributed by atoms with Crippen molar-refractivity contribution in [3.8, 4) is 0 Å². The fraction of sp³-hybridized carbons (Fsp3) is 0.400. The fourth-order valence-corrected chi connectivity index (χ4v) is 3.51. The number of rotatable bonds is 6. The minimum Gasteiger partial charge on any atom is -0.383 e. The van der Waals surface area contributed by atoms with Crippen molar-refractivity contribution in [2.45, 2.75) is 25.4 Å². The van der Waals surface area contributed by atoms with E-state index in [0.717, 1.165) is 31.6 Å². The van der Waals surface area contributed by atoms with Crippen LogP contribution in [0.4, 0.5) is 5.69 Å². The average molecular weight is 339 g/mol. The van der Waals surface area contributed by atoms with Gasteiger partial charge in [-0.15, -0.1) is 0 Å². The zero-order chi connectivity index (χ0) is 17.5. The van der Waals surface area contributed by atoms with E-state index in [2.05, 4.69) is 39.5 Å². The maximum Gasteiger partial charge on any atom is 0.229 e. The molecule has 2 heterocycles. The second-order valence-electron chi connectivity index (χ2n) is 6.46. The van der Waals surface area contributed by atoms with Crippen LogP contribution in [0.15, 0.2) is 54.9 Å². The monoisotopic (exact) mass is 339 g/mol. The summed E-state index contributed by atoms with van der Waals surface area (Å²) >= 11 is 0. The Morgan fingerprint density at radius 2 is 2.12 bits per heavy atom. The number of carbonyl (C=O) groups is 1. The Hall–Kier alpha value is -2.24. The van der Waals surface area contributed by atoms with Crippen molar-refractivity contribution in [1.82, 2.24) is 9.88 Å². The van der Waals surface area contributed by atoms with Crippen LogP contribution in [0.1, 0.15) is 18.4 Å². The van der Waals surface area contributed by atoms with Crippen LogP contribution in [0.3, 0.4) is 0 Å². The first-order chi connectivity index (χ1) is 12.3. The minimum atomic E-state index is -0.0855. The maximum absolute atomic E-state index is 12.8. The van der Waals surface area contributed by atoms with Crippen LogP contribution in [0.5, 0.6) is 0 Å². The number of nitrogens with one attached hydrogen (secondary N) is 1. The average Bonchev–Trinajstić information content (AvgIpc) is 2.65. The van der Waals surface area contributed by atoms with Gasteiger partial charge in [0.2, 0.25) is 5.91 Å². The lowest BCUT2D eigenvalue weighted by molar-refractivity contribution is -0.125. The summed E-state index contributed by atoms with van der Waals surface area (Å²) in [7, 11) is 1.70. The lowest BCUT2D eigenvalue weighted by Crippen LogP contribution is -2.51. The summed E-state index contributed by atoms with van der Waals surface area (Å²) in [6, 6.07) is 14.2. The number of nitrogens with zero attached hydrogens (tertiary/aromatic N) is 2. The molecular formula is C20H25N3O2. The molecule has 0 radical (unpaired) electrons. The van der Waals surface area contributed by atoms with Crippen molar-refractivity contribution < 1.29 is 9.53 Å². The smallest absolute Gasteiger partial charge is 0.229 e. The van der Waals surface area contributed by atoms with Gasteiger partial charge in [-0.3, -0.25) is 14.7 Å². The van der Waals surface area contributed by atoms with E-state index in [1.807, 2.05) is 18.2 Å². The molecule has 1 aromatic heterocycles. The molecule has 1 saturated heterocycles. The van der Waals surface area contributed by atoms with E-state index in [-0.39, 0.29) is 17.9 Å². The third-order valence-electron chi connectivity index (χ3n) is 4.73. The fourth-order valence-electron chi connectivity index (χ4n) is 3.51. The number of ether oxygens (including phenoxy) is 1. The Morgan fingerprint density at radius 3 is 2.84 bits per heavy atom. The molecule has 2 aromatic rings. The molecule has 1 aliphatic heterocycles. The van der Waals surface area contributed by atoms with Crippen molar-refractivity contribution in [3.05, 3.63) is 60.4 Å². The molecule has 1 fully saturated rings. The number of pyridine rings is 1. The van der Waals surface area contributed by atoms with Crippen LogP contribution in [-0.2, 0) is 16.1 Å². The molecule has 3 rings (SSSR count). The maximum atomic E-state index is 12.8. The van der Waals surface area contributed by atoms with Gasteiger partial charge in [-0.05, 0) is 37.1 Å². The standard InChI is InChI=1S/C20H25N3O2/c1-25-15-19-18(20(24)22-17-9-5-11-21-13-17)10-6-12-23(19)14-16-7-3-2-4-8-16/h2-5,7-9,11,13,18-19H,6,10,12,14-15H2,1H3,(H,22,24)/t18-,19-/m1/s1. The number of hydrogen-bond acceptors (Lipinski definition) is 4. The number of carbonyl (C=O) groups excluding carboxylic acids is 1. The molecule has 2 atom stereocenters. The number of piperidine rings is 1. The van der Waals surface area contributed by atoms with Crippen molar-refractivity contribution in [2.24, 2.45) is 5.92 Å². The Bertz CT molecular complexity index is 663. The lowest BCUT2D eigenvalue weighted by Gasteiger charge is -2.40. The normalized spacial score (nSPS) is 21.0. The van der Waals surface area contributed by atoms with Gasteiger partial charge in [-0.1, -0.05) is 30.3 Å². The summed E-state index contributed by atoms with van der Waals surface area (Å²) in [4.78, 5) is 19.3. The minimum absolute atomic E-state index is 0.0489. The quantitative estimate of drug-likeness (QED) is 0.879. The Labute approximate surface area is 149 Å². The number of aromatic nitrogens is 1. The number of anilines is 1. The van der Waals surface area contributed by atoms with Gasteiger partial charge in [0.25, 0.3) is 0 Å². The van der Waals surface area contributed by atoms with Crippen LogP contribution < -0.4 is 5.32 Å². The molecule has 25 heavy (non-hydrogen) atoms.